The number of rotatable bonds is 7. The van der Waals surface area contributed by atoms with Crippen LogP contribution in [0.4, 0.5) is 0 Å². The molecule has 0 spiro atoms. The van der Waals surface area contributed by atoms with Gasteiger partial charge in [-0.15, -0.1) is 0 Å². The molecule has 0 aliphatic heterocycles. The predicted octanol–water partition coefficient (Wildman–Crippen LogP) is 4.87. The highest BCUT2D eigenvalue weighted by Crippen LogP contribution is 2.26. The summed E-state index contributed by atoms with van der Waals surface area (Å²) in [6.07, 6.45) is 4.86. The summed E-state index contributed by atoms with van der Waals surface area (Å²) >= 11 is 0. The Morgan fingerprint density at radius 3 is 2.43 bits per heavy atom. The van der Waals surface area contributed by atoms with Gasteiger partial charge in [0.1, 0.15) is 12.3 Å². The molecule has 1 saturated carbocycles. The number of hydrogen-bond donors (Lipinski definition) is 0. The van der Waals surface area contributed by atoms with Crippen molar-refractivity contribution in [2.75, 3.05) is 0 Å². The molecular weight excluding hydrogens is 378 g/mol. The SMILES string of the molecule is C[C@@H](Oc1ccccc1)C(=O)N(Cc1nc(-c2ccccc2)no1)C1CCCCC1. The molecule has 0 saturated heterocycles. The lowest BCUT2D eigenvalue weighted by Gasteiger charge is -2.35. The molecule has 1 aromatic heterocycles. The van der Waals surface area contributed by atoms with Crippen LogP contribution in [0.5, 0.6) is 5.75 Å². The maximum Gasteiger partial charge on any atom is 0.264 e. The molecule has 1 heterocycles. The molecule has 1 aliphatic carbocycles. The minimum atomic E-state index is -0.592. The summed E-state index contributed by atoms with van der Waals surface area (Å²) in [4.78, 5) is 19.7. The molecule has 30 heavy (non-hydrogen) atoms. The quantitative estimate of drug-likeness (QED) is 0.561. The van der Waals surface area contributed by atoms with Crippen LogP contribution in [0.1, 0.15) is 44.9 Å². The first-order valence-corrected chi connectivity index (χ1v) is 10.6. The Balaban J connectivity index is 1.51. The van der Waals surface area contributed by atoms with Crippen LogP contribution in [0.25, 0.3) is 11.4 Å². The van der Waals surface area contributed by atoms with Gasteiger partial charge >= 0.3 is 0 Å². The van der Waals surface area contributed by atoms with E-state index < -0.39 is 6.10 Å². The Bertz CT molecular complexity index is 937. The Hall–Kier alpha value is -3.15. The predicted molar refractivity (Wildman–Crippen MR) is 114 cm³/mol. The summed E-state index contributed by atoms with van der Waals surface area (Å²) in [5.41, 5.74) is 0.892. The van der Waals surface area contributed by atoms with Gasteiger partial charge in [0.2, 0.25) is 11.7 Å². The number of hydrogen-bond acceptors (Lipinski definition) is 5. The summed E-state index contributed by atoms with van der Waals surface area (Å²) in [6.45, 7) is 2.10. The van der Waals surface area contributed by atoms with E-state index in [1.165, 1.54) is 6.42 Å². The molecule has 4 rings (SSSR count). The number of amides is 1. The number of nitrogens with zero attached hydrogens (tertiary/aromatic N) is 3. The minimum absolute atomic E-state index is 0.0507. The molecule has 6 nitrogen and oxygen atoms in total. The molecule has 1 aliphatic rings. The second-order valence-electron chi connectivity index (χ2n) is 7.71. The van der Waals surface area contributed by atoms with Crippen LogP contribution in [-0.4, -0.2) is 33.1 Å². The number of benzene rings is 2. The average molecular weight is 405 g/mol. The molecule has 3 aromatic rings. The Morgan fingerprint density at radius 2 is 1.73 bits per heavy atom. The highest BCUT2D eigenvalue weighted by molar-refractivity contribution is 5.81. The van der Waals surface area contributed by atoms with Crippen LogP contribution in [0.2, 0.25) is 0 Å². The fourth-order valence-electron chi connectivity index (χ4n) is 3.94. The van der Waals surface area contributed by atoms with E-state index >= 15 is 0 Å². The minimum Gasteiger partial charge on any atom is -0.481 e. The lowest BCUT2D eigenvalue weighted by atomic mass is 9.94. The largest absolute Gasteiger partial charge is 0.481 e. The molecule has 0 N–H and O–H groups in total. The second kappa shape index (κ2) is 9.57. The summed E-state index contributed by atoms with van der Waals surface area (Å²) in [5.74, 6) is 1.62. The molecular formula is C24H27N3O3. The van der Waals surface area contributed by atoms with Crippen molar-refractivity contribution < 1.29 is 14.1 Å². The number of carbonyl (C=O) groups excluding carboxylic acids is 1. The van der Waals surface area contributed by atoms with Gasteiger partial charge in [-0.2, -0.15) is 4.98 Å². The zero-order valence-corrected chi connectivity index (χ0v) is 17.2. The zero-order valence-electron chi connectivity index (χ0n) is 17.2. The lowest BCUT2D eigenvalue weighted by molar-refractivity contribution is -0.142. The van der Waals surface area contributed by atoms with Crippen molar-refractivity contribution in [3.63, 3.8) is 0 Å². The van der Waals surface area contributed by atoms with Crippen molar-refractivity contribution in [3.8, 4) is 17.1 Å². The maximum absolute atomic E-state index is 13.3. The van der Waals surface area contributed by atoms with Crippen LogP contribution in [0.3, 0.4) is 0 Å². The van der Waals surface area contributed by atoms with Gasteiger partial charge in [0.05, 0.1) is 0 Å². The maximum atomic E-state index is 13.3. The zero-order chi connectivity index (χ0) is 20.8. The third-order valence-electron chi connectivity index (χ3n) is 5.51. The van der Waals surface area contributed by atoms with Crippen molar-refractivity contribution in [1.29, 1.82) is 0 Å². The molecule has 1 atom stereocenters. The first kappa shape index (κ1) is 20.1. The van der Waals surface area contributed by atoms with Crippen LogP contribution < -0.4 is 4.74 Å². The molecule has 1 amide bonds. The van der Waals surface area contributed by atoms with Crippen LogP contribution in [0.15, 0.2) is 65.2 Å². The average Bonchev–Trinajstić information content (AvgIpc) is 3.28. The van der Waals surface area contributed by atoms with Crippen molar-refractivity contribution in [3.05, 3.63) is 66.6 Å². The Morgan fingerprint density at radius 1 is 1.07 bits per heavy atom. The van der Waals surface area contributed by atoms with Gasteiger partial charge in [-0.1, -0.05) is 73.0 Å². The van der Waals surface area contributed by atoms with E-state index in [2.05, 4.69) is 10.1 Å². The van der Waals surface area contributed by atoms with E-state index in [1.807, 2.05) is 65.6 Å². The van der Waals surface area contributed by atoms with Crippen molar-refractivity contribution >= 4 is 5.91 Å². The van der Waals surface area contributed by atoms with E-state index in [-0.39, 0.29) is 11.9 Å². The third kappa shape index (κ3) is 4.87. The first-order chi connectivity index (χ1) is 14.7. The molecule has 1 fully saturated rings. The smallest absolute Gasteiger partial charge is 0.264 e. The van der Waals surface area contributed by atoms with Gasteiger partial charge in [0, 0.05) is 11.6 Å². The van der Waals surface area contributed by atoms with Gasteiger partial charge < -0.3 is 14.2 Å². The summed E-state index contributed by atoms with van der Waals surface area (Å²) in [7, 11) is 0. The molecule has 2 aromatic carbocycles. The van der Waals surface area contributed by atoms with Crippen LogP contribution in [0, 0.1) is 0 Å². The molecule has 156 valence electrons. The standard InChI is InChI=1S/C24H27N3O3/c1-18(29-21-15-9-4-10-16-21)24(28)27(20-13-7-3-8-14-20)17-22-25-23(26-30-22)19-11-5-2-6-12-19/h2,4-6,9-12,15-16,18,20H,3,7-8,13-14,17H2,1H3/t18-/m1/s1. The summed E-state index contributed by atoms with van der Waals surface area (Å²) in [6, 6.07) is 19.3. The topological polar surface area (TPSA) is 68.5 Å². The van der Waals surface area contributed by atoms with Crippen LogP contribution in [-0.2, 0) is 11.3 Å². The van der Waals surface area contributed by atoms with Gasteiger partial charge in [0.15, 0.2) is 6.10 Å². The number of carbonyl (C=O) groups is 1. The van der Waals surface area contributed by atoms with Crippen LogP contribution >= 0.6 is 0 Å². The number of para-hydroxylation sites is 1. The highest BCUT2D eigenvalue weighted by Gasteiger charge is 2.31. The van der Waals surface area contributed by atoms with Gasteiger partial charge in [-0.3, -0.25) is 4.79 Å². The molecule has 0 unspecified atom stereocenters. The number of aromatic nitrogens is 2. The highest BCUT2D eigenvalue weighted by atomic mass is 16.5. The molecule has 0 radical (unpaired) electrons. The second-order valence-corrected chi connectivity index (χ2v) is 7.71. The van der Waals surface area contributed by atoms with Crippen molar-refractivity contribution in [2.24, 2.45) is 0 Å². The van der Waals surface area contributed by atoms with E-state index in [4.69, 9.17) is 9.26 Å². The number of ether oxygens (including phenoxy) is 1. The Kier molecular flexibility index (Phi) is 6.42. The van der Waals surface area contributed by atoms with Gasteiger partial charge in [0.25, 0.3) is 5.91 Å². The van der Waals surface area contributed by atoms with Crippen molar-refractivity contribution in [2.45, 2.75) is 57.7 Å². The molecule has 0 bridgehead atoms. The lowest BCUT2D eigenvalue weighted by Crippen LogP contribution is -2.46. The first-order valence-electron chi connectivity index (χ1n) is 10.6. The summed E-state index contributed by atoms with van der Waals surface area (Å²) < 4.78 is 11.4. The normalized spacial score (nSPS) is 15.5. The van der Waals surface area contributed by atoms with E-state index in [9.17, 15) is 4.79 Å². The summed E-state index contributed by atoms with van der Waals surface area (Å²) in [5, 5.41) is 4.10. The van der Waals surface area contributed by atoms with Crippen molar-refractivity contribution in [1.82, 2.24) is 15.0 Å². The monoisotopic (exact) mass is 405 g/mol. The third-order valence-corrected chi connectivity index (χ3v) is 5.51. The molecule has 6 heteroatoms. The fraction of sp³-hybridized carbons (Fsp3) is 0.375. The Labute approximate surface area is 176 Å². The van der Waals surface area contributed by atoms with E-state index in [0.29, 0.717) is 24.0 Å². The van der Waals surface area contributed by atoms with Gasteiger partial charge in [-0.05, 0) is 31.9 Å². The van der Waals surface area contributed by atoms with E-state index in [0.717, 1.165) is 31.2 Å². The van der Waals surface area contributed by atoms with Gasteiger partial charge in [-0.25, -0.2) is 0 Å². The van der Waals surface area contributed by atoms with E-state index in [1.54, 1.807) is 6.92 Å². The fourth-order valence-corrected chi connectivity index (χ4v) is 3.94.